The lowest BCUT2D eigenvalue weighted by Crippen LogP contribution is -2.30. The Kier molecular flexibility index (Phi) is 4.80. The number of hydrogen-bond donors (Lipinski definition) is 1. The van der Waals surface area contributed by atoms with E-state index < -0.39 is 6.10 Å². The van der Waals surface area contributed by atoms with Gasteiger partial charge in [0.2, 0.25) is 0 Å². The number of ether oxygens (including phenoxy) is 2. The van der Waals surface area contributed by atoms with Crippen molar-refractivity contribution in [3.05, 3.63) is 53.6 Å². The molecule has 0 saturated carbocycles. The number of nitrogens with zero attached hydrogens (tertiary/aromatic N) is 1. The van der Waals surface area contributed by atoms with Gasteiger partial charge in [-0.25, -0.2) is 0 Å². The number of amides is 1. The highest BCUT2D eigenvalue weighted by molar-refractivity contribution is 5.96. The number of hydrogen-bond acceptors (Lipinski definition) is 4. The number of nitrogens with one attached hydrogen (secondary N) is 1. The van der Waals surface area contributed by atoms with Gasteiger partial charge in [0.15, 0.2) is 12.9 Å². The Labute approximate surface area is 153 Å². The van der Waals surface area contributed by atoms with Gasteiger partial charge in [-0.05, 0) is 49.9 Å². The zero-order valence-electron chi connectivity index (χ0n) is 15.0. The number of fused-ring (bicyclic) bond motifs is 1. The van der Waals surface area contributed by atoms with Crippen molar-refractivity contribution in [3.8, 4) is 5.75 Å². The minimum absolute atomic E-state index is 0.0853. The fraction of sp³-hybridized carbons (Fsp3) is 0.381. The SMILES string of the molecule is Cc1ccc(NC(=O)[C@@H]2OCOc3ccccc32)cc1N1CCCCC1. The van der Waals surface area contributed by atoms with Crippen LogP contribution in [0.3, 0.4) is 0 Å². The van der Waals surface area contributed by atoms with Gasteiger partial charge in [0.1, 0.15) is 5.75 Å². The van der Waals surface area contributed by atoms with Gasteiger partial charge in [-0.1, -0.05) is 24.3 Å². The molecule has 0 aliphatic carbocycles. The average molecular weight is 352 g/mol. The molecule has 1 amide bonds. The van der Waals surface area contributed by atoms with Crippen LogP contribution in [-0.4, -0.2) is 25.8 Å². The van der Waals surface area contributed by atoms with Crippen LogP contribution >= 0.6 is 0 Å². The first-order valence-corrected chi connectivity index (χ1v) is 9.22. The molecule has 26 heavy (non-hydrogen) atoms. The second-order valence-corrected chi connectivity index (χ2v) is 6.88. The average Bonchev–Trinajstić information content (AvgIpc) is 2.69. The summed E-state index contributed by atoms with van der Waals surface area (Å²) in [4.78, 5) is 15.2. The first kappa shape index (κ1) is 16.9. The maximum atomic E-state index is 12.8. The third-order valence-electron chi connectivity index (χ3n) is 5.06. The molecule has 1 saturated heterocycles. The number of aryl methyl sites for hydroxylation is 1. The summed E-state index contributed by atoms with van der Waals surface area (Å²) in [7, 11) is 0. The molecular weight excluding hydrogens is 328 g/mol. The van der Waals surface area contributed by atoms with Crippen LogP contribution in [0.25, 0.3) is 0 Å². The van der Waals surface area contributed by atoms with Crippen molar-refractivity contribution in [2.24, 2.45) is 0 Å². The number of para-hydroxylation sites is 1. The zero-order chi connectivity index (χ0) is 17.9. The highest BCUT2D eigenvalue weighted by Crippen LogP contribution is 2.33. The Morgan fingerprint density at radius 2 is 1.92 bits per heavy atom. The van der Waals surface area contributed by atoms with E-state index in [4.69, 9.17) is 9.47 Å². The monoisotopic (exact) mass is 352 g/mol. The van der Waals surface area contributed by atoms with Crippen molar-refractivity contribution in [1.29, 1.82) is 0 Å². The molecule has 4 rings (SSSR count). The minimum Gasteiger partial charge on any atom is -0.467 e. The summed E-state index contributed by atoms with van der Waals surface area (Å²) < 4.78 is 11.0. The third kappa shape index (κ3) is 3.40. The van der Waals surface area contributed by atoms with Crippen molar-refractivity contribution in [3.63, 3.8) is 0 Å². The largest absolute Gasteiger partial charge is 0.467 e. The number of benzene rings is 2. The van der Waals surface area contributed by atoms with Crippen LogP contribution in [-0.2, 0) is 9.53 Å². The molecule has 136 valence electrons. The van der Waals surface area contributed by atoms with Crippen LogP contribution in [0, 0.1) is 6.92 Å². The Bertz CT molecular complexity index is 800. The Morgan fingerprint density at radius 3 is 2.77 bits per heavy atom. The molecule has 2 heterocycles. The summed E-state index contributed by atoms with van der Waals surface area (Å²) in [5, 5.41) is 3.01. The van der Waals surface area contributed by atoms with E-state index in [1.807, 2.05) is 30.3 Å². The molecule has 0 radical (unpaired) electrons. The number of carbonyl (C=O) groups excluding carboxylic acids is 1. The van der Waals surface area contributed by atoms with Crippen LogP contribution in [0.1, 0.15) is 36.5 Å². The van der Waals surface area contributed by atoms with E-state index >= 15 is 0 Å². The first-order chi connectivity index (χ1) is 12.7. The molecule has 2 aromatic carbocycles. The summed E-state index contributed by atoms with van der Waals surface area (Å²) >= 11 is 0. The lowest BCUT2D eigenvalue weighted by atomic mass is 10.1. The maximum absolute atomic E-state index is 12.8. The van der Waals surface area contributed by atoms with Crippen molar-refractivity contribution < 1.29 is 14.3 Å². The highest BCUT2D eigenvalue weighted by Gasteiger charge is 2.28. The third-order valence-corrected chi connectivity index (χ3v) is 5.06. The van der Waals surface area contributed by atoms with E-state index in [2.05, 4.69) is 29.3 Å². The van der Waals surface area contributed by atoms with Crippen LogP contribution in [0.4, 0.5) is 11.4 Å². The van der Waals surface area contributed by atoms with Crippen LogP contribution in [0.2, 0.25) is 0 Å². The fourth-order valence-electron chi connectivity index (χ4n) is 3.67. The molecule has 1 atom stereocenters. The van der Waals surface area contributed by atoms with Crippen LogP contribution < -0.4 is 15.0 Å². The molecule has 0 aromatic heterocycles. The molecule has 0 spiro atoms. The summed E-state index contributed by atoms with van der Waals surface area (Å²) in [6, 6.07) is 13.6. The molecule has 5 nitrogen and oxygen atoms in total. The second-order valence-electron chi connectivity index (χ2n) is 6.88. The van der Waals surface area contributed by atoms with E-state index in [0.29, 0.717) is 5.75 Å². The summed E-state index contributed by atoms with van der Waals surface area (Å²) in [6.07, 6.45) is 3.09. The molecule has 2 aliphatic heterocycles. The van der Waals surface area contributed by atoms with E-state index in [0.717, 1.165) is 24.3 Å². The standard InChI is InChI=1S/C21H24N2O3/c1-15-9-10-16(13-18(15)23-11-5-2-6-12-23)22-21(24)20-17-7-3-4-8-19(17)25-14-26-20/h3-4,7-10,13,20H,2,5-6,11-12,14H2,1H3,(H,22,24)/t20-/m1/s1. The number of piperidine rings is 1. The lowest BCUT2D eigenvalue weighted by molar-refractivity contribution is -0.136. The Morgan fingerprint density at radius 1 is 1.12 bits per heavy atom. The maximum Gasteiger partial charge on any atom is 0.258 e. The topological polar surface area (TPSA) is 50.8 Å². The molecule has 0 unspecified atom stereocenters. The van der Waals surface area contributed by atoms with Crippen molar-refractivity contribution in [2.75, 3.05) is 30.1 Å². The minimum atomic E-state index is -0.653. The van der Waals surface area contributed by atoms with E-state index in [9.17, 15) is 4.79 Å². The molecule has 2 aromatic rings. The predicted molar refractivity (Wildman–Crippen MR) is 102 cm³/mol. The van der Waals surface area contributed by atoms with Crippen molar-refractivity contribution >= 4 is 17.3 Å². The smallest absolute Gasteiger partial charge is 0.258 e. The quantitative estimate of drug-likeness (QED) is 0.906. The molecule has 0 bridgehead atoms. The predicted octanol–water partition coefficient (Wildman–Crippen LogP) is 4.03. The first-order valence-electron chi connectivity index (χ1n) is 9.22. The van der Waals surface area contributed by atoms with Gasteiger partial charge in [-0.3, -0.25) is 4.79 Å². The molecule has 5 heteroatoms. The summed E-state index contributed by atoms with van der Waals surface area (Å²) in [5.74, 6) is 0.533. The lowest BCUT2D eigenvalue weighted by Gasteiger charge is -2.30. The van der Waals surface area contributed by atoms with Gasteiger partial charge in [-0.15, -0.1) is 0 Å². The van der Waals surface area contributed by atoms with Gasteiger partial charge < -0.3 is 19.7 Å². The van der Waals surface area contributed by atoms with Gasteiger partial charge >= 0.3 is 0 Å². The second kappa shape index (κ2) is 7.38. The molecule has 1 N–H and O–H groups in total. The summed E-state index contributed by atoms with van der Waals surface area (Å²) in [6.45, 7) is 4.36. The fourth-order valence-corrected chi connectivity index (χ4v) is 3.67. The molecular formula is C21H24N2O3. The normalized spacial score (nSPS) is 19.4. The molecule has 2 aliphatic rings. The van der Waals surface area contributed by atoms with Gasteiger partial charge in [0, 0.05) is 30.0 Å². The number of anilines is 2. The highest BCUT2D eigenvalue weighted by atomic mass is 16.7. The van der Waals surface area contributed by atoms with Crippen molar-refractivity contribution in [1.82, 2.24) is 0 Å². The molecule has 1 fully saturated rings. The van der Waals surface area contributed by atoms with Gasteiger partial charge in [0.05, 0.1) is 0 Å². The van der Waals surface area contributed by atoms with E-state index in [-0.39, 0.29) is 12.7 Å². The Hall–Kier alpha value is -2.53. The Balaban J connectivity index is 1.53. The number of carbonyl (C=O) groups is 1. The zero-order valence-corrected chi connectivity index (χ0v) is 15.0. The van der Waals surface area contributed by atoms with E-state index in [1.165, 1.54) is 30.5 Å². The number of rotatable bonds is 3. The van der Waals surface area contributed by atoms with Crippen molar-refractivity contribution in [2.45, 2.75) is 32.3 Å². The van der Waals surface area contributed by atoms with Gasteiger partial charge in [0.25, 0.3) is 5.91 Å². The van der Waals surface area contributed by atoms with Gasteiger partial charge in [-0.2, -0.15) is 0 Å². The summed E-state index contributed by atoms with van der Waals surface area (Å²) in [5.41, 5.74) is 4.00. The van der Waals surface area contributed by atoms with Crippen LogP contribution in [0.15, 0.2) is 42.5 Å². The van der Waals surface area contributed by atoms with Crippen LogP contribution in [0.5, 0.6) is 5.75 Å². The van der Waals surface area contributed by atoms with E-state index in [1.54, 1.807) is 0 Å².